The average molecular weight is 186 g/mol. The number of carbonyl (C=O) groups is 1. The van der Waals surface area contributed by atoms with Crippen LogP contribution in [0.4, 0.5) is 0 Å². The fraction of sp³-hybridized carbons (Fsp3) is 0. The monoisotopic (exact) mass is 186 g/mol. The second-order valence-electron chi connectivity index (χ2n) is 3.17. The number of nitrogens with one attached hydrogen (secondary N) is 1. The lowest BCUT2D eigenvalue weighted by Crippen LogP contribution is -2.03. The van der Waals surface area contributed by atoms with Gasteiger partial charge in [0.2, 0.25) is 0 Å². The first kappa shape index (κ1) is 7.32. The van der Waals surface area contributed by atoms with Crippen molar-refractivity contribution in [1.82, 2.24) is 10.2 Å². The summed E-state index contributed by atoms with van der Waals surface area (Å²) < 4.78 is 0. The highest BCUT2D eigenvalue weighted by atomic mass is 16.4. The van der Waals surface area contributed by atoms with Crippen LogP contribution in [0.2, 0.25) is 0 Å². The molecular weight excluding hydrogens is 180 g/mol. The van der Waals surface area contributed by atoms with Gasteiger partial charge in [-0.25, -0.2) is 4.79 Å². The van der Waals surface area contributed by atoms with E-state index in [-0.39, 0.29) is 5.69 Å². The van der Waals surface area contributed by atoms with Crippen LogP contribution in [0.3, 0.4) is 0 Å². The van der Waals surface area contributed by atoms with Crippen LogP contribution in [-0.4, -0.2) is 21.3 Å². The SMILES string of the molecule is O=C(O)c1[nH]nc2c1-c1ccccc1-2. The van der Waals surface area contributed by atoms with Gasteiger partial charge in [-0.1, -0.05) is 24.3 Å². The summed E-state index contributed by atoms with van der Waals surface area (Å²) in [5, 5.41) is 15.4. The molecule has 1 aromatic heterocycles. The molecule has 68 valence electrons. The number of aromatic amines is 1. The van der Waals surface area contributed by atoms with E-state index in [0.717, 1.165) is 22.4 Å². The molecule has 0 amide bonds. The number of hydrogen-bond acceptors (Lipinski definition) is 2. The molecule has 0 aliphatic heterocycles. The Hall–Kier alpha value is -2.10. The van der Waals surface area contributed by atoms with Gasteiger partial charge < -0.3 is 5.11 Å². The van der Waals surface area contributed by atoms with Gasteiger partial charge in [0.25, 0.3) is 0 Å². The summed E-state index contributed by atoms with van der Waals surface area (Å²) in [4.78, 5) is 10.8. The third-order valence-corrected chi connectivity index (χ3v) is 2.43. The molecule has 0 saturated carbocycles. The molecule has 2 N–H and O–H groups in total. The molecule has 0 radical (unpaired) electrons. The number of aromatic nitrogens is 2. The van der Waals surface area contributed by atoms with Crippen molar-refractivity contribution in [2.75, 3.05) is 0 Å². The lowest BCUT2D eigenvalue weighted by molar-refractivity contribution is 0.0691. The van der Waals surface area contributed by atoms with Crippen molar-refractivity contribution in [3.05, 3.63) is 30.0 Å². The lowest BCUT2D eigenvalue weighted by atomic mass is 9.85. The van der Waals surface area contributed by atoms with Crippen LogP contribution in [0.1, 0.15) is 10.5 Å². The molecule has 14 heavy (non-hydrogen) atoms. The topological polar surface area (TPSA) is 66.0 Å². The molecule has 1 aromatic carbocycles. The van der Waals surface area contributed by atoms with Gasteiger partial charge in [-0.3, -0.25) is 5.10 Å². The molecule has 0 bridgehead atoms. The van der Waals surface area contributed by atoms with E-state index in [1.807, 2.05) is 24.3 Å². The Balaban J connectivity index is 2.26. The van der Waals surface area contributed by atoms with Crippen LogP contribution < -0.4 is 0 Å². The predicted molar refractivity (Wildman–Crippen MR) is 50.0 cm³/mol. The molecule has 2 aromatic rings. The van der Waals surface area contributed by atoms with Crippen LogP contribution in [0.15, 0.2) is 24.3 Å². The maximum Gasteiger partial charge on any atom is 0.354 e. The summed E-state index contributed by atoms with van der Waals surface area (Å²) in [5.74, 6) is -0.965. The number of nitrogens with zero attached hydrogens (tertiary/aromatic N) is 1. The zero-order chi connectivity index (χ0) is 9.71. The molecule has 0 spiro atoms. The highest BCUT2D eigenvalue weighted by molar-refractivity contribution is 6.08. The third kappa shape index (κ3) is 0.682. The minimum Gasteiger partial charge on any atom is -0.477 e. The van der Waals surface area contributed by atoms with E-state index in [4.69, 9.17) is 5.11 Å². The van der Waals surface area contributed by atoms with E-state index in [1.165, 1.54) is 0 Å². The molecule has 0 atom stereocenters. The molecule has 0 fully saturated rings. The van der Waals surface area contributed by atoms with Crippen molar-refractivity contribution in [3.8, 4) is 22.4 Å². The molecule has 4 nitrogen and oxygen atoms in total. The number of carboxylic acid groups (broad SMARTS) is 1. The standard InChI is InChI=1S/C10H6N2O2/c13-10(14)9-7-5-3-1-2-4-6(5)8(7)11-12-9/h1-4H,(H,11,12)(H,13,14). The van der Waals surface area contributed by atoms with Gasteiger partial charge in [-0.05, 0) is 5.56 Å². The Bertz CT molecular complexity index is 543. The number of benzene rings is 1. The van der Waals surface area contributed by atoms with Gasteiger partial charge in [0.1, 0.15) is 5.69 Å². The first-order valence-corrected chi connectivity index (χ1v) is 4.20. The van der Waals surface area contributed by atoms with Crippen molar-refractivity contribution in [2.45, 2.75) is 0 Å². The average Bonchev–Trinajstić information content (AvgIpc) is 2.53. The fourth-order valence-corrected chi connectivity index (χ4v) is 1.80. The molecule has 4 heteroatoms. The van der Waals surface area contributed by atoms with Gasteiger partial charge in [-0.2, -0.15) is 5.10 Å². The van der Waals surface area contributed by atoms with Crippen LogP contribution in [0.5, 0.6) is 0 Å². The van der Waals surface area contributed by atoms with Crippen LogP contribution in [-0.2, 0) is 0 Å². The van der Waals surface area contributed by atoms with E-state index in [1.54, 1.807) is 0 Å². The first-order valence-electron chi connectivity index (χ1n) is 4.20. The summed E-state index contributed by atoms with van der Waals surface area (Å²) >= 11 is 0. The number of aromatic carboxylic acids is 1. The van der Waals surface area contributed by atoms with Crippen LogP contribution in [0.25, 0.3) is 22.4 Å². The maximum absolute atomic E-state index is 10.8. The predicted octanol–water partition coefficient (Wildman–Crippen LogP) is 1.76. The molecule has 0 saturated heterocycles. The Labute approximate surface area is 79.2 Å². The van der Waals surface area contributed by atoms with Gasteiger partial charge in [0, 0.05) is 11.1 Å². The Morgan fingerprint density at radius 1 is 1.29 bits per heavy atom. The number of rotatable bonds is 1. The van der Waals surface area contributed by atoms with Crippen molar-refractivity contribution in [2.24, 2.45) is 0 Å². The summed E-state index contributed by atoms with van der Waals surface area (Å²) in [6.45, 7) is 0. The largest absolute Gasteiger partial charge is 0.477 e. The Morgan fingerprint density at radius 3 is 2.71 bits per heavy atom. The smallest absolute Gasteiger partial charge is 0.354 e. The van der Waals surface area contributed by atoms with E-state index >= 15 is 0 Å². The van der Waals surface area contributed by atoms with Gasteiger partial charge in [0.05, 0.1) is 0 Å². The minimum absolute atomic E-state index is 0.179. The zero-order valence-electron chi connectivity index (χ0n) is 7.11. The number of carboxylic acids is 1. The fourth-order valence-electron chi connectivity index (χ4n) is 1.80. The highest BCUT2D eigenvalue weighted by Crippen LogP contribution is 2.47. The summed E-state index contributed by atoms with van der Waals surface area (Å²) in [7, 11) is 0. The van der Waals surface area contributed by atoms with Gasteiger partial charge in [0.15, 0.2) is 5.69 Å². The van der Waals surface area contributed by atoms with E-state index in [2.05, 4.69) is 10.2 Å². The highest BCUT2D eigenvalue weighted by Gasteiger charge is 2.30. The molecule has 1 aliphatic rings. The number of H-pyrrole nitrogens is 1. The van der Waals surface area contributed by atoms with Crippen molar-refractivity contribution >= 4 is 5.97 Å². The molecule has 0 unspecified atom stereocenters. The molecule has 3 rings (SSSR count). The van der Waals surface area contributed by atoms with Crippen molar-refractivity contribution in [1.29, 1.82) is 0 Å². The Kier molecular flexibility index (Phi) is 1.16. The third-order valence-electron chi connectivity index (χ3n) is 2.43. The van der Waals surface area contributed by atoms with E-state index in [9.17, 15) is 4.79 Å². The normalized spacial score (nSPS) is 11.4. The summed E-state index contributed by atoms with van der Waals surface area (Å²) in [6.07, 6.45) is 0. The summed E-state index contributed by atoms with van der Waals surface area (Å²) in [6, 6.07) is 7.64. The van der Waals surface area contributed by atoms with Crippen LogP contribution in [0, 0.1) is 0 Å². The van der Waals surface area contributed by atoms with Crippen LogP contribution >= 0.6 is 0 Å². The minimum atomic E-state index is -0.965. The first-order chi connectivity index (χ1) is 6.79. The van der Waals surface area contributed by atoms with Crippen molar-refractivity contribution in [3.63, 3.8) is 0 Å². The molecule has 1 heterocycles. The Morgan fingerprint density at radius 2 is 2.00 bits per heavy atom. The second-order valence-corrected chi connectivity index (χ2v) is 3.17. The van der Waals surface area contributed by atoms with Gasteiger partial charge >= 0.3 is 5.97 Å². The van der Waals surface area contributed by atoms with E-state index < -0.39 is 5.97 Å². The van der Waals surface area contributed by atoms with Crippen molar-refractivity contribution < 1.29 is 9.90 Å². The van der Waals surface area contributed by atoms with E-state index in [0.29, 0.717) is 0 Å². The molecule has 1 aliphatic carbocycles. The number of hydrogen-bond donors (Lipinski definition) is 2. The summed E-state index contributed by atoms with van der Waals surface area (Å²) in [5.41, 5.74) is 3.66. The number of fused-ring (bicyclic) bond motifs is 4. The maximum atomic E-state index is 10.8. The zero-order valence-corrected chi connectivity index (χ0v) is 7.11. The van der Waals surface area contributed by atoms with Gasteiger partial charge in [-0.15, -0.1) is 0 Å². The lowest BCUT2D eigenvalue weighted by Gasteiger charge is -2.17. The second kappa shape index (κ2) is 2.23. The quantitative estimate of drug-likeness (QED) is 0.608. The molecular formula is C10H6N2O2.